The Morgan fingerprint density at radius 3 is 2.43 bits per heavy atom. The Morgan fingerprint density at radius 1 is 1.05 bits per heavy atom. The van der Waals surface area contributed by atoms with Crippen LogP contribution in [0.5, 0.6) is 11.5 Å². The van der Waals surface area contributed by atoms with E-state index in [4.69, 9.17) is 5.11 Å². The van der Waals surface area contributed by atoms with Crippen molar-refractivity contribution in [3.05, 3.63) is 59.2 Å². The zero-order valence-corrected chi connectivity index (χ0v) is 11.8. The number of carbonyl (C=O) groups is 1. The highest BCUT2D eigenvalue weighted by Gasteiger charge is 2.12. The Morgan fingerprint density at radius 2 is 1.76 bits per heavy atom. The smallest absolute Gasteiger partial charge is 0.303 e. The molecule has 0 amide bonds. The molecule has 0 fully saturated rings. The van der Waals surface area contributed by atoms with E-state index in [2.05, 4.69) is 0 Å². The maximum atomic E-state index is 10.6. The summed E-state index contributed by atoms with van der Waals surface area (Å²) < 4.78 is 0. The second-order valence-corrected chi connectivity index (χ2v) is 5.14. The molecule has 0 aliphatic carbocycles. The lowest BCUT2D eigenvalue weighted by Crippen LogP contribution is -2.00. The standard InChI is InChI=1S/C17H18O4/c1-11(13-3-2-4-15(18)9-13)14-7-12(5-6-17(20)21)8-16(19)10-14/h2-4,7-11,18-19H,5-6H2,1H3,(H,20,21). The van der Waals surface area contributed by atoms with Crippen molar-refractivity contribution in [2.24, 2.45) is 0 Å². The number of hydrogen-bond donors (Lipinski definition) is 3. The summed E-state index contributed by atoms with van der Waals surface area (Å²) in [6, 6.07) is 12.1. The van der Waals surface area contributed by atoms with Crippen molar-refractivity contribution in [1.29, 1.82) is 0 Å². The number of phenols is 2. The van der Waals surface area contributed by atoms with Crippen LogP contribution in [0.1, 0.15) is 36.0 Å². The molecule has 3 N–H and O–H groups in total. The fourth-order valence-electron chi connectivity index (χ4n) is 2.33. The highest BCUT2D eigenvalue weighted by Crippen LogP contribution is 2.29. The fraction of sp³-hybridized carbons (Fsp3) is 0.235. The molecule has 0 saturated carbocycles. The molecular weight excluding hydrogens is 268 g/mol. The molecule has 110 valence electrons. The molecule has 0 aliphatic rings. The van der Waals surface area contributed by atoms with E-state index in [0.717, 1.165) is 16.7 Å². The van der Waals surface area contributed by atoms with Crippen LogP contribution in [0.4, 0.5) is 0 Å². The Hall–Kier alpha value is -2.49. The molecule has 2 rings (SSSR count). The highest BCUT2D eigenvalue weighted by molar-refractivity contribution is 5.67. The molecule has 4 heteroatoms. The summed E-state index contributed by atoms with van der Waals surface area (Å²) in [5.41, 5.74) is 2.62. The van der Waals surface area contributed by atoms with E-state index in [0.29, 0.717) is 6.42 Å². The quantitative estimate of drug-likeness (QED) is 0.788. The van der Waals surface area contributed by atoms with Gasteiger partial charge in [-0.3, -0.25) is 4.79 Å². The number of hydrogen-bond acceptors (Lipinski definition) is 3. The molecule has 4 nitrogen and oxygen atoms in total. The number of phenolic OH excluding ortho intramolecular Hbond substituents is 2. The van der Waals surface area contributed by atoms with Crippen LogP contribution in [0.3, 0.4) is 0 Å². The largest absolute Gasteiger partial charge is 0.508 e. The van der Waals surface area contributed by atoms with Gasteiger partial charge in [-0.25, -0.2) is 0 Å². The van der Waals surface area contributed by atoms with E-state index < -0.39 is 5.97 Å². The van der Waals surface area contributed by atoms with Crippen molar-refractivity contribution in [2.45, 2.75) is 25.7 Å². The third kappa shape index (κ3) is 3.99. The van der Waals surface area contributed by atoms with Crippen LogP contribution in [0.15, 0.2) is 42.5 Å². The SMILES string of the molecule is CC(c1cccc(O)c1)c1cc(O)cc(CCC(=O)O)c1. The van der Waals surface area contributed by atoms with Crippen molar-refractivity contribution in [1.82, 2.24) is 0 Å². The van der Waals surface area contributed by atoms with Crippen molar-refractivity contribution >= 4 is 5.97 Å². The predicted molar refractivity (Wildman–Crippen MR) is 79.7 cm³/mol. The fourth-order valence-corrected chi connectivity index (χ4v) is 2.33. The zero-order valence-electron chi connectivity index (χ0n) is 11.8. The molecule has 1 atom stereocenters. The van der Waals surface area contributed by atoms with Gasteiger partial charge in [0.25, 0.3) is 0 Å². The maximum absolute atomic E-state index is 10.6. The molecular formula is C17H18O4. The summed E-state index contributed by atoms with van der Waals surface area (Å²) in [5.74, 6) is -0.542. The summed E-state index contributed by atoms with van der Waals surface area (Å²) in [6.45, 7) is 1.98. The van der Waals surface area contributed by atoms with Crippen molar-refractivity contribution in [2.75, 3.05) is 0 Å². The third-order valence-corrected chi connectivity index (χ3v) is 3.50. The van der Waals surface area contributed by atoms with Gasteiger partial charge in [-0.1, -0.05) is 25.1 Å². The van der Waals surface area contributed by atoms with Crippen LogP contribution in [-0.2, 0) is 11.2 Å². The molecule has 1 unspecified atom stereocenters. The molecule has 21 heavy (non-hydrogen) atoms. The van der Waals surface area contributed by atoms with E-state index in [1.807, 2.05) is 19.1 Å². The summed E-state index contributed by atoms with van der Waals surface area (Å²) in [7, 11) is 0. The zero-order chi connectivity index (χ0) is 15.4. The van der Waals surface area contributed by atoms with Crippen LogP contribution in [-0.4, -0.2) is 21.3 Å². The minimum absolute atomic E-state index is 0.00669. The Kier molecular flexibility index (Phi) is 4.48. The number of rotatable bonds is 5. The molecule has 2 aromatic rings. The lowest BCUT2D eigenvalue weighted by Gasteiger charge is -2.15. The average molecular weight is 286 g/mol. The van der Waals surface area contributed by atoms with Crippen molar-refractivity contribution < 1.29 is 20.1 Å². The lowest BCUT2D eigenvalue weighted by atomic mass is 9.91. The number of carboxylic acid groups (broad SMARTS) is 1. The van der Waals surface area contributed by atoms with Crippen LogP contribution in [0, 0.1) is 0 Å². The van der Waals surface area contributed by atoms with Crippen LogP contribution in [0.25, 0.3) is 0 Å². The first-order valence-electron chi connectivity index (χ1n) is 6.79. The topological polar surface area (TPSA) is 77.8 Å². The summed E-state index contributed by atoms with van der Waals surface area (Å²) in [5, 5.41) is 28.1. The minimum atomic E-state index is -0.860. The van der Waals surface area contributed by atoms with E-state index in [-0.39, 0.29) is 23.8 Å². The van der Waals surface area contributed by atoms with Gasteiger partial charge in [-0.2, -0.15) is 0 Å². The molecule has 0 spiro atoms. The normalized spacial score (nSPS) is 12.0. The average Bonchev–Trinajstić information content (AvgIpc) is 2.43. The number of aromatic hydroxyl groups is 2. The van der Waals surface area contributed by atoms with Crippen LogP contribution < -0.4 is 0 Å². The first kappa shape index (κ1) is 14.9. The Bertz CT molecular complexity index is 649. The van der Waals surface area contributed by atoms with Gasteiger partial charge >= 0.3 is 5.97 Å². The van der Waals surface area contributed by atoms with Gasteiger partial charge in [0.2, 0.25) is 0 Å². The number of carboxylic acids is 1. The number of aliphatic carboxylic acids is 1. The van der Waals surface area contributed by atoms with Gasteiger partial charge in [0, 0.05) is 12.3 Å². The van der Waals surface area contributed by atoms with Crippen LogP contribution in [0.2, 0.25) is 0 Å². The maximum Gasteiger partial charge on any atom is 0.303 e. The molecule has 0 radical (unpaired) electrons. The van der Waals surface area contributed by atoms with E-state index in [9.17, 15) is 15.0 Å². The van der Waals surface area contributed by atoms with Gasteiger partial charge in [0.1, 0.15) is 11.5 Å². The molecule has 0 aliphatic heterocycles. The van der Waals surface area contributed by atoms with Gasteiger partial charge in [0.05, 0.1) is 0 Å². The third-order valence-electron chi connectivity index (χ3n) is 3.50. The van der Waals surface area contributed by atoms with Crippen LogP contribution >= 0.6 is 0 Å². The highest BCUT2D eigenvalue weighted by atomic mass is 16.4. The monoisotopic (exact) mass is 286 g/mol. The first-order chi connectivity index (χ1) is 9.95. The van der Waals surface area contributed by atoms with E-state index in [1.165, 1.54) is 0 Å². The first-order valence-corrected chi connectivity index (χ1v) is 6.79. The molecule has 0 aromatic heterocycles. The van der Waals surface area contributed by atoms with Gasteiger partial charge in [-0.05, 0) is 47.4 Å². The van der Waals surface area contributed by atoms with E-state index in [1.54, 1.807) is 30.3 Å². The van der Waals surface area contributed by atoms with Crippen molar-refractivity contribution in [3.63, 3.8) is 0 Å². The van der Waals surface area contributed by atoms with Gasteiger partial charge in [0.15, 0.2) is 0 Å². The molecule has 2 aromatic carbocycles. The summed E-state index contributed by atoms with van der Waals surface area (Å²) in [4.78, 5) is 10.6. The second kappa shape index (κ2) is 6.31. The van der Waals surface area contributed by atoms with Gasteiger partial charge in [-0.15, -0.1) is 0 Å². The molecule has 0 bridgehead atoms. The summed E-state index contributed by atoms with van der Waals surface area (Å²) in [6.07, 6.45) is 0.410. The summed E-state index contributed by atoms with van der Waals surface area (Å²) >= 11 is 0. The molecule has 0 heterocycles. The lowest BCUT2D eigenvalue weighted by molar-refractivity contribution is -0.136. The van der Waals surface area contributed by atoms with Crippen molar-refractivity contribution in [3.8, 4) is 11.5 Å². The number of aryl methyl sites for hydroxylation is 1. The second-order valence-electron chi connectivity index (χ2n) is 5.14. The Labute approximate surface area is 123 Å². The van der Waals surface area contributed by atoms with Gasteiger partial charge < -0.3 is 15.3 Å². The number of benzene rings is 2. The van der Waals surface area contributed by atoms with E-state index >= 15 is 0 Å². The minimum Gasteiger partial charge on any atom is -0.508 e. The Balaban J connectivity index is 2.28. The molecule has 0 saturated heterocycles. The predicted octanol–water partition coefficient (Wildman–Crippen LogP) is 3.27.